The topological polar surface area (TPSA) is 164 Å². The van der Waals surface area contributed by atoms with Crippen molar-refractivity contribution in [1.29, 1.82) is 0 Å². The largest absolute Gasteiger partial charge is 0.467 e. The standard InChI is InChI=1S/C23H30N6O6/c1-2-3-11-27-18(24)17(19(31)25-21(27)33)28(13-15-8-7-12-35-15)16(30)14-29-20(32)23(26-22(29)34)9-5-4-6-10-23/h7-8,12H,2-6,9-11,13-14,24H2,1H3,(H,26,34)(H,25,31,33). The summed E-state index contributed by atoms with van der Waals surface area (Å²) in [6.07, 6.45) is 6.47. The highest BCUT2D eigenvalue weighted by molar-refractivity contribution is 6.10. The zero-order valence-electron chi connectivity index (χ0n) is 19.7. The van der Waals surface area contributed by atoms with E-state index in [-0.39, 0.29) is 24.6 Å². The molecule has 2 aromatic heterocycles. The predicted molar refractivity (Wildman–Crippen MR) is 127 cm³/mol. The van der Waals surface area contributed by atoms with Crippen LogP contribution in [0.4, 0.5) is 16.3 Å². The summed E-state index contributed by atoms with van der Waals surface area (Å²) >= 11 is 0. The van der Waals surface area contributed by atoms with E-state index in [0.29, 0.717) is 25.0 Å². The van der Waals surface area contributed by atoms with Crippen molar-refractivity contribution in [3.8, 4) is 0 Å². The van der Waals surface area contributed by atoms with E-state index < -0.39 is 41.2 Å². The fourth-order valence-corrected chi connectivity index (χ4v) is 4.76. The van der Waals surface area contributed by atoms with Gasteiger partial charge in [-0.15, -0.1) is 0 Å². The van der Waals surface area contributed by atoms with Crippen LogP contribution in [0.3, 0.4) is 0 Å². The number of unbranched alkanes of at least 4 members (excludes halogenated alkanes) is 1. The van der Waals surface area contributed by atoms with E-state index in [1.165, 1.54) is 10.8 Å². The summed E-state index contributed by atoms with van der Waals surface area (Å²) in [5, 5.41) is 2.77. The quantitative estimate of drug-likeness (QED) is 0.473. The van der Waals surface area contributed by atoms with E-state index in [9.17, 15) is 24.0 Å². The maximum absolute atomic E-state index is 13.5. The summed E-state index contributed by atoms with van der Waals surface area (Å²) in [6, 6.07) is 2.60. The Morgan fingerprint density at radius 3 is 2.60 bits per heavy atom. The summed E-state index contributed by atoms with van der Waals surface area (Å²) in [6.45, 7) is 1.43. The number of nitrogens with zero attached hydrogens (tertiary/aromatic N) is 3. The Bertz CT molecular complexity index is 1220. The highest BCUT2D eigenvalue weighted by atomic mass is 16.3. The van der Waals surface area contributed by atoms with Crippen LogP contribution in [0.25, 0.3) is 0 Å². The number of urea groups is 1. The summed E-state index contributed by atoms with van der Waals surface area (Å²) < 4.78 is 6.56. The molecule has 0 unspecified atom stereocenters. The molecular weight excluding hydrogens is 456 g/mol. The maximum Gasteiger partial charge on any atom is 0.330 e. The van der Waals surface area contributed by atoms with E-state index in [1.54, 1.807) is 12.1 Å². The van der Waals surface area contributed by atoms with Gasteiger partial charge in [0.15, 0.2) is 5.69 Å². The average molecular weight is 487 g/mol. The first-order valence-corrected chi connectivity index (χ1v) is 11.9. The van der Waals surface area contributed by atoms with E-state index >= 15 is 0 Å². The number of rotatable bonds is 8. The molecule has 3 heterocycles. The number of carbonyl (C=O) groups excluding carboxylic acids is 3. The van der Waals surface area contributed by atoms with Gasteiger partial charge in [0.25, 0.3) is 11.5 Å². The number of nitrogens with one attached hydrogen (secondary N) is 2. The van der Waals surface area contributed by atoms with Crippen LogP contribution in [-0.4, -0.2) is 44.4 Å². The van der Waals surface area contributed by atoms with Gasteiger partial charge in [0.1, 0.15) is 23.7 Å². The van der Waals surface area contributed by atoms with Crippen molar-refractivity contribution in [1.82, 2.24) is 19.8 Å². The van der Waals surface area contributed by atoms with Gasteiger partial charge in [0, 0.05) is 6.54 Å². The van der Waals surface area contributed by atoms with Crippen molar-refractivity contribution >= 4 is 29.4 Å². The highest BCUT2D eigenvalue weighted by Crippen LogP contribution is 2.33. The van der Waals surface area contributed by atoms with Crippen LogP contribution in [-0.2, 0) is 22.7 Å². The molecule has 4 rings (SSSR count). The minimum absolute atomic E-state index is 0.173. The Kier molecular flexibility index (Phi) is 6.81. The molecule has 0 aromatic carbocycles. The second kappa shape index (κ2) is 9.80. The summed E-state index contributed by atoms with van der Waals surface area (Å²) in [7, 11) is 0. The van der Waals surface area contributed by atoms with Crippen LogP contribution in [0.1, 0.15) is 57.6 Å². The van der Waals surface area contributed by atoms with Gasteiger partial charge in [-0.25, -0.2) is 9.59 Å². The molecule has 4 amide bonds. The average Bonchev–Trinajstić information content (AvgIpc) is 3.41. The number of amides is 4. The lowest BCUT2D eigenvalue weighted by Crippen LogP contribution is -2.49. The van der Waals surface area contributed by atoms with Gasteiger partial charge in [-0.2, -0.15) is 0 Å². The smallest absolute Gasteiger partial charge is 0.330 e. The maximum atomic E-state index is 13.5. The van der Waals surface area contributed by atoms with Crippen LogP contribution < -0.4 is 27.2 Å². The van der Waals surface area contributed by atoms with Gasteiger partial charge < -0.3 is 15.5 Å². The van der Waals surface area contributed by atoms with Gasteiger partial charge >= 0.3 is 11.7 Å². The molecule has 1 spiro atoms. The lowest BCUT2D eigenvalue weighted by Gasteiger charge is -2.30. The SMILES string of the molecule is CCCCn1c(N)c(N(Cc2ccco2)C(=O)CN2C(=O)NC3(CCCCC3)C2=O)c(=O)[nH]c1=O. The Balaban J connectivity index is 1.68. The lowest BCUT2D eigenvalue weighted by molar-refractivity contribution is -0.135. The molecule has 0 bridgehead atoms. The fourth-order valence-electron chi connectivity index (χ4n) is 4.76. The molecule has 12 nitrogen and oxygen atoms in total. The first-order valence-electron chi connectivity index (χ1n) is 11.9. The molecule has 1 saturated carbocycles. The number of hydrogen-bond donors (Lipinski definition) is 3. The van der Waals surface area contributed by atoms with Crippen LogP contribution in [0.5, 0.6) is 0 Å². The molecule has 1 aliphatic carbocycles. The third-order valence-corrected chi connectivity index (χ3v) is 6.66. The first-order chi connectivity index (χ1) is 16.8. The Labute approximate surface area is 201 Å². The predicted octanol–water partition coefficient (Wildman–Crippen LogP) is 1.30. The number of furan rings is 1. The second-order valence-corrected chi connectivity index (χ2v) is 9.02. The minimum atomic E-state index is -0.981. The lowest BCUT2D eigenvalue weighted by atomic mass is 9.82. The number of carbonyl (C=O) groups is 3. The molecule has 0 atom stereocenters. The van der Waals surface area contributed by atoms with E-state index in [1.807, 2.05) is 6.92 Å². The van der Waals surface area contributed by atoms with E-state index in [2.05, 4.69) is 10.3 Å². The number of nitrogen functional groups attached to an aromatic ring is 1. The number of H-pyrrole nitrogens is 1. The van der Waals surface area contributed by atoms with Crippen LogP contribution in [0.15, 0.2) is 32.4 Å². The van der Waals surface area contributed by atoms with Gasteiger partial charge in [-0.05, 0) is 31.4 Å². The second-order valence-electron chi connectivity index (χ2n) is 9.02. The van der Waals surface area contributed by atoms with Crippen molar-refractivity contribution in [3.05, 3.63) is 45.0 Å². The number of aromatic amines is 1. The molecule has 1 aliphatic heterocycles. The monoisotopic (exact) mass is 486 g/mol. The van der Waals surface area contributed by atoms with Crippen LogP contribution >= 0.6 is 0 Å². The summed E-state index contributed by atoms with van der Waals surface area (Å²) in [5.74, 6) is -0.976. The van der Waals surface area contributed by atoms with Crippen molar-refractivity contribution < 1.29 is 18.8 Å². The zero-order chi connectivity index (χ0) is 25.2. The van der Waals surface area contributed by atoms with Gasteiger partial charge in [0.2, 0.25) is 5.91 Å². The van der Waals surface area contributed by atoms with Gasteiger partial charge in [0.05, 0.1) is 12.8 Å². The number of nitrogens with two attached hydrogens (primary N) is 1. The molecule has 2 aliphatic rings. The third-order valence-electron chi connectivity index (χ3n) is 6.66. The third kappa shape index (κ3) is 4.60. The van der Waals surface area contributed by atoms with Gasteiger partial charge in [-0.3, -0.25) is 33.7 Å². The molecule has 4 N–H and O–H groups in total. The number of hydrogen-bond acceptors (Lipinski definition) is 7. The fraction of sp³-hybridized carbons (Fsp3) is 0.522. The van der Waals surface area contributed by atoms with Crippen molar-refractivity contribution in [2.24, 2.45) is 0 Å². The Hall–Kier alpha value is -3.83. The molecule has 1 saturated heterocycles. The number of aromatic nitrogens is 2. The molecule has 2 fully saturated rings. The summed E-state index contributed by atoms with van der Waals surface area (Å²) in [5.41, 5.74) is 3.49. The van der Waals surface area contributed by atoms with Crippen molar-refractivity contribution in [2.75, 3.05) is 17.2 Å². The van der Waals surface area contributed by atoms with Gasteiger partial charge in [-0.1, -0.05) is 32.6 Å². The zero-order valence-corrected chi connectivity index (χ0v) is 19.7. The van der Waals surface area contributed by atoms with Crippen LogP contribution in [0, 0.1) is 0 Å². The van der Waals surface area contributed by atoms with Crippen molar-refractivity contribution in [3.63, 3.8) is 0 Å². The molecule has 35 heavy (non-hydrogen) atoms. The minimum Gasteiger partial charge on any atom is -0.467 e. The molecule has 188 valence electrons. The molecular formula is C23H30N6O6. The Morgan fingerprint density at radius 2 is 1.94 bits per heavy atom. The van der Waals surface area contributed by atoms with Crippen LogP contribution in [0.2, 0.25) is 0 Å². The molecule has 12 heteroatoms. The van der Waals surface area contributed by atoms with E-state index in [4.69, 9.17) is 10.2 Å². The normalized spacial score (nSPS) is 17.1. The van der Waals surface area contributed by atoms with E-state index in [0.717, 1.165) is 35.5 Å². The van der Waals surface area contributed by atoms with Crippen molar-refractivity contribution in [2.45, 2.75) is 70.5 Å². The molecule has 2 aromatic rings. The highest BCUT2D eigenvalue weighted by Gasteiger charge is 2.52. The Morgan fingerprint density at radius 1 is 1.20 bits per heavy atom. The number of anilines is 2. The molecule has 0 radical (unpaired) electrons. The number of imide groups is 1. The summed E-state index contributed by atoms with van der Waals surface area (Å²) in [4.78, 5) is 68.7. The first kappa shape index (κ1) is 24.3.